The Labute approximate surface area is 147 Å². The maximum absolute atomic E-state index is 13.4. The van der Waals surface area contributed by atoms with Crippen LogP contribution in [0.1, 0.15) is 40.2 Å². The lowest BCUT2D eigenvalue weighted by Crippen LogP contribution is -2.21. The van der Waals surface area contributed by atoms with Gasteiger partial charge in [0.1, 0.15) is 3.23 Å². The standard InChI is InChI=1S/C19H16Br2O/c20-19(21)16(14-8-2-1-3-9-14)18(19)12-6-10-13-7-4-5-11-15(13)17(18)22/h1-5,7-9,11,16H,6,10,12H2/t16-,18+/m1/s1. The van der Waals surface area contributed by atoms with Gasteiger partial charge in [-0.15, -0.1) is 0 Å². The molecule has 0 N–H and O–H groups in total. The molecule has 0 bridgehead atoms. The molecule has 2 aliphatic rings. The third-order valence-corrected chi connectivity index (χ3v) is 7.51. The van der Waals surface area contributed by atoms with E-state index in [-0.39, 0.29) is 20.3 Å². The number of halogens is 2. The number of ketones is 1. The molecule has 1 fully saturated rings. The van der Waals surface area contributed by atoms with Crippen molar-refractivity contribution < 1.29 is 4.79 Å². The highest BCUT2D eigenvalue weighted by atomic mass is 79.9. The lowest BCUT2D eigenvalue weighted by molar-refractivity contribution is 0.0890. The van der Waals surface area contributed by atoms with Gasteiger partial charge in [0.25, 0.3) is 0 Å². The van der Waals surface area contributed by atoms with Crippen LogP contribution < -0.4 is 0 Å². The van der Waals surface area contributed by atoms with Gasteiger partial charge < -0.3 is 0 Å². The zero-order chi connectivity index (χ0) is 15.4. The van der Waals surface area contributed by atoms with Gasteiger partial charge in [-0.2, -0.15) is 0 Å². The second-order valence-corrected chi connectivity index (χ2v) is 9.84. The summed E-state index contributed by atoms with van der Waals surface area (Å²) < 4.78 is -0.330. The Kier molecular flexibility index (Phi) is 3.35. The average Bonchev–Trinajstić information content (AvgIpc) is 3.08. The molecule has 22 heavy (non-hydrogen) atoms. The second-order valence-electron chi connectivity index (χ2n) is 6.28. The van der Waals surface area contributed by atoms with Gasteiger partial charge in [-0.3, -0.25) is 4.79 Å². The molecular weight excluding hydrogens is 404 g/mol. The van der Waals surface area contributed by atoms with Crippen molar-refractivity contribution in [3.8, 4) is 0 Å². The number of Topliss-reactive ketones (excluding diaryl/α,β-unsaturated/α-hetero) is 1. The number of aryl methyl sites for hydroxylation is 1. The molecule has 4 rings (SSSR count). The van der Waals surface area contributed by atoms with Crippen LogP contribution in [0.2, 0.25) is 0 Å². The number of hydrogen-bond acceptors (Lipinski definition) is 1. The predicted octanol–water partition coefficient (Wildman–Crippen LogP) is 5.48. The van der Waals surface area contributed by atoms with Gasteiger partial charge in [0.2, 0.25) is 0 Å². The minimum Gasteiger partial charge on any atom is -0.293 e. The third-order valence-electron chi connectivity index (χ3n) is 5.18. The second kappa shape index (κ2) is 5.04. The Hall–Kier alpha value is -0.930. The molecule has 0 heterocycles. The first-order chi connectivity index (χ1) is 10.6. The van der Waals surface area contributed by atoms with Gasteiger partial charge in [0.15, 0.2) is 5.78 Å². The fraction of sp³-hybridized carbons (Fsp3) is 0.316. The summed E-state index contributed by atoms with van der Waals surface area (Å²) >= 11 is 7.66. The zero-order valence-electron chi connectivity index (χ0n) is 12.1. The number of carbonyl (C=O) groups excluding carboxylic acids is 1. The number of alkyl halides is 2. The Morgan fingerprint density at radius 1 is 0.955 bits per heavy atom. The zero-order valence-corrected chi connectivity index (χ0v) is 15.2. The number of hydrogen-bond donors (Lipinski definition) is 0. The van der Waals surface area contributed by atoms with Gasteiger partial charge in [0.05, 0.1) is 5.41 Å². The van der Waals surface area contributed by atoms with Crippen molar-refractivity contribution in [3.63, 3.8) is 0 Å². The highest BCUT2D eigenvalue weighted by Crippen LogP contribution is 2.79. The molecule has 0 aliphatic heterocycles. The van der Waals surface area contributed by atoms with E-state index < -0.39 is 0 Å². The van der Waals surface area contributed by atoms with E-state index in [0.29, 0.717) is 0 Å². The largest absolute Gasteiger partial charge is 0.293 e. The van der Waals surface area contributed by atoms with Crippen LogP contribution in [0.3, 0.4) is 0 Å². The van der Waals surface area contributed by atoms with Crippen molar-refractivity contribution >= 4 is 37.6 Å². The molecule has 0 radical (unpaired) electrons. The topological polar surface area (TPSA) is 17.1 Å². The van der Waals surface area contributed by atoms with Crippen LogP contribution in [0, 0.1) is 5.41 Å². The molecule has 3 heteroatoms. The molecule has 0 unspecified atom stereocenters. The molecule has 2 aromatic rings. The van der Waals surface area contributed by atoms with E-state index in [1.54, 1.807) is 0 Å². The first kappa shape index (κ1) is 14.6. The van der Waals surface area contributed by atoms with Gasteiger partial charge in [-0.1, -0.05) is 86.5 Å². The molecule has 2 aromatic carbocycles. The number of fused-ring (bicyclic) bond motifs is 1. The van der Waals surface area contributed by atoms with Crippen LogP contribution in [0.25, 0.3) is 0 Å². The summed E-state index contributed by atoms with van der Waals surface area (Å²) in [7, 11) is 0. The molecule has 1 saturated carbocycles. The van der Waals surface area contributed by atoms with E-state index in [9.17, 15) is 4.79 Å². The fourth-order valence-corrected chi connectivity index (χ4v) is 6.36. The third kappa shape index (κ3) is 1.85. The molecule has 112 valence electrons. The van der Waals surface area contributed by atoms with E-state index in [0.717, 1.165) is 24.8 Å². The molecular formula is C19H16Br2O. The Morgan fingerprint density at radius 3 is 2.41 bits per heavy atom. The maximum Gasteiger partial charge on any atom is 0.172 e. The first-order valence-electron chi connectivity index (χ1n) is 7.64. The number of benzene rings is 2. The molecule has 1 spiro atoms. The number of carbonyl (C=O) groups is 1. The van der Waals surface area contributed by atoms with E-state index >= 15 is 0 Å². The summed E-state index contributed by atoms with van der Waals surface area (Å²) in [5.74, 6) is 0.461. The lowest BCUT2D eigenvalue weighted by atomic mass is 9.88. The van der Waals surface area contributed by atoms with Crippen molar-refractivity contribution in [2.75, 3.05) is 0 Å². The summed E-state index contributed by atoms with van der Waals surface area (Å²) in [5, 5.41) is 0. The monoisotopic (exact) mass is 418 g/mol. The Morgan fingerprint density at radius 2 is 1.64 bits per heavy atom. The van der Waals surface area contributed by atoms with Crippen LogP contribution >= 0.6 is 31.9 Å². The highest BCUT2D eigenvalue weighted by Gasteiger charge is 2.78. The number of rotatable bonds is 1. The first-order valence-corrected chi connectivity index (χ1v) is 9.23. The van der Waals surface area contributed by atoms with Gasteiger partial charge in [-0.05, 0) is 30.4 Å². The summed E-state index contributed by atoms with van der Waals surface area (Å²) in [6.07, 6.45) is 2.95. The summed E-state index contributed by atoms with van der Waals surface area (Å²) in [6, 6.07) is 18.5. The SMILES string of the molecule is O=C1c2ccccc2CCC[C@]12[C@@H](c1ccccc1)C2(Br)Br. The van der Waals surface area contributed by atoms with Crippen molar-refractivity contribution in [1.29, 1.82) is 0 Å². The minimum absolute atomic E-state index is 0.180. The smallest absolute Gasteiger partial charge is 0.172 e. The predicted molar refractivity (Wildman–Crippen MR) is 95.9 cm³/mol. The maximum atomic E-state index is 13.4. The minimum atomic E-state index is -0.374. The highest BCUT2D eigenvalue weighted by molar-refractivity contribution is 9.25. The molecule has 0 amide bonds. The average molecular weight is 420 g/mol. The van der Waals surface area contributed by atoms with Crippen molar-refractivity contribution in [1.82, 2.24) is 0 Å². The molecule has 2 atom stereocenters. The molecule has 0 saturated heterocycles. The van der Waals surface area contributed by atoms with Crippen LogP contribution in [0.5, 0.6) is 0 Å². The van der Waals surface area contributed by atoms with Gasteiger partial charge in [-0.25, -0.2) is 0 Å². The van der Waals surface area contributed by atoms with Crippen molar-refractivity contribution in [2.24, 2.45) is 5.41 Å². The van der Waals surface area contributed by atoms with Gasteiger partial charge in [0, 0.05) is 11.5 Å². The normalized spacial score (nSPS) is 29.0. The van der Waals surface area contributed by atoms with Crippen LogP contribution in [-0.2, 0) is 6.42 Å². The summed E-state index contributed by atoms with van der Waals surface area (Å²) in [5.41, 5.74) is 2.95. The van der Waals surface area contributed by atoms with Gasteiger partial charge >= 0.3 is 0 Å². The quantitative estimate of drug-likeness (QED) is 0.559. The summed E-state index contributed by atoms with van der Waals surface area (Å²) in [6.45, 7) is 0. The van der Waals surface area contributed by atoms with E-state index in [2.05, 4.69) is 50.1 Å². The van der Waals surface area contributed by atoms with Crippen LogP contribution in [0.15, 0.2) is 54.6 Å². The van der Waals surface area contributed by atoms with E-state index in [4.69, 9.17) is 0 Å². The van der Waals surface area contributed by atoms with E-state index in [1.165, 1.54) is 11.1 Å². The van der Waals surface area contributed by atoms with Crippen LogP contribution in [-0.4, -0.2) is 9.02 Å². The van der Waals surface area contributed by atoms with Crippen molar-refractivity contribution in [3.05, 3.63) is 71.3 Å². The Balaban J connectivity index is 1.83. The van der Waals surface area contributed by atoms with Crippen molar-refractivity contribution in [2.45, 2.75) is 28.4 Å². The van der Waals surface area contributed by atoms with Crippen LogP contribution in [0.4, 0.5) is 0 Å². The lowest BCUT2D eigenvalue weighted by Gasteiger charge is -2.15. The summed E-state index contributed by atoms with van der Waals surface area (Å²) in [4.78, 5) is 13.4. The van der Waals surface area contributed by atoms with E-state index in [1.807, 2.05) is 36.4 Å². The molecule has 0 aromatic heterocycles. The molecule has 1 nitrogen and oxygen atoms in total. The fourth-order valence-electron chi connectivity index (χ4n) is 4.06. The molecule has 2 aliphatic carbocycles. The Bertz CT molecular complexity index is 738.